The van der Waals surface area contributed by atoms with Gasteiger partial charge in [0.15, 0.2) is 0 Å². The Morgan fingerprint density at radius 1 is 0.605 bits per heavy atom. The molecule has 3 aliphatic rings. The minimum absolute atomic E-state index is 0.00179. The Bertz CT molecular complexity index is 3880. The van der Waals surface area contributed by atoms with Gasteiger partial charge in [-0.05, 0) is 123 Å². The number of alkyl carbamates (subject to hydrolysis) is 1. The number of aromatic hydroxyl groups is 1. The molecule has 690 valence electrons. The topological polar surface area (TPSA) is 570 Å². The largest absolute Gasteiger partial charge is 0.508 e. The molecule has 38 heteroatoms. The van der Waals surface area contributed by atoms with Crippen molar-refractivity contribution in [2.45, 2.75) is 279 Å². The van der Waals surface area contributed by atoms with Crippen LogP contribution in [-0.2, 0) is 75.3 Å². The lowest BCUT2D eigenvalue weighted by Gasteiger charge is -2.35. The summed E-state index contributed by atoms with van der Waals surface area (Å²) >= 11 is 1.46. The molecule has 0 aromatic heterocycles. The third kappa shape index (κ3) is 33.7. The molecule has 0 spiro atoms. The van der Waals surface area contributed by atoms with E-state index in [-0.39, 0.29) is 81.9 Å². The molecule has 37 nitrogen and oxygen atoms in total. The number of hydrogen-bond donors (Lipinski definition) is 21. The van der Waals surface area contributed by atoms with Crippen molar-refractivity contribution in [2.24, 2.45) is 23.5 Å². The number of aliphatic hydroxyl groups is 7. The quantitative estimate of drug-likeness (QED) is 0.0242. The molecule has 6 rings (SSSR count). The molecule has 22 N–H and O–H groups in total. The fourth-order valence-electron chi connectivity index (χ4n) is 15.3. The van der Waals surface area contributed by atoms with E-state index in [0.29, 0.717) is 48.0 Å². The molecule has 3 saturated heterocycles. The van der Waals surface area contributed by atoms with Crippen LogP contribution in [-0.4, -0.2) is 283 Å². The summed E-state index contributed by atoms with van der Waals surface area (Å²) in [4.78, 5) is 187. The van der Waals surface area contributed by atoms with E-state index < -0.39 is 226 Å². The van der Waals surface area contributed by atoms with Crippen LogP contribution in [0.1, 0.15) is 180 Å². The maximum absolute atomic E-state index is 15.2. The number of aliphatic hydroxyl groups excluding tert-OH is 7. The highest BCUT2D eigenvalue weighted by atomic mass is 32.2. The van der Waals surface area contributed by atoms with Crippen LogP contribution >= 0.6 is 11.8 Å². The van der Waals surface area contributed by atoms with Gasteiger partial charge in [0.1, 0.15) is 91.1 Å². The zero-order chi connectivity index (χ0) is 91.1. The number of phenols is 1. The summed E-state index contributed by atoms with van der Waals surface area (Å²) in [6, 6.07) is 5.27. The zero-order valence-corrected chi connectivity index (χ0v) is 72.9. The number of nitrogens with two attached hydrogens (primary N) is 1. The van der Waals surface area contributed by atoms with Crippen molar-refractivity contribution in [1.82, 2.24) is 73.6 Å². The van der Waals surface area contributed by atoms with Crippen LogP contribution in [0.2, 0.25) is 0 Å². The lowest BCUT2D eigenvalue weighted by atomic mass is 9.91. The summed E-state index contributed by atoms with van der Waals surface area (Å²) < 4.78 is 5.51. The SMILES string of the molecule is CC[C@H](C)C[C@H](C)CCCCCCCCC(=O)N[C@H]1C[C@@H](O)[C@@H](NCCNC(=O)[C@H](CCCNC(=O)[C@H](Cc2ccccc2)NC(=O)[C@H](CC(C)C)NC(=O)[C@H](CCSC)NC=O)NC(=O)OCc2ccccc2)NC(=O)[C@@H]2[C@@H](O)CCN2C(=O)[C@H]([C@H](O)CCN)NC(=O)[C@H]([C@H](O)[C@@H](O)c2ccc(O)cc2)NC(=O)[C@@H]2C[C@@H](O)CN2C(=O)[C@H]([C@@H](C)O)NC1=O. The molecule has 0 bridgehead atoms. The van der Waals surface area contributed by atoms with E-state index in [4.69, 9.17) is 10.5 Å². The normalized spacial score (nSPS) is 22.9. The molecule has 3 heterocycles. The highest BCUT2D eigenvalue weighted by molar-refractivity contribution is 7.98. The number of ether oxygens (including phenoxy) is 1. The molecular formula is C86H133N15O22S. The van der Waals surface area contributed by atoms with Gasteiger partial charge in [-0.15, -0.1) is 0 Å². The van der Waals surface area contributed by atoms with Crippen LogP contribution in [0.3, 0.4) is 0 Å². The molecule has 13 amide bonds. The van der Waals surface area contributed by atoms with Crippen molar-refractivity contribution >= 4 is 89.2 Å². The van der Waals surface area contributed by atoms with Gasteiger partial charge in [-0.3, -0.25) is 62.9 Å². The summed E-state index contributed by atoms with van der Waals surface area (Å²) in [6.45, 7) is 8.88. The molecule has 3 aromatic carbocycles. The molecule has 0 unspecified atom stereocenters. The first-order valence-electron chi connectivity index (χ1n) is 43.2. The number of unbranched alkanes of at least 4 members (excludes halogenated alkanes) is 5. The predicted octanol–water partition coefficient (Wildman–Crippen LogP) is -0.837. The van der Waals surface area contributed by atoms with Gasteiger partial charge >= 0.3 is 6.09 Å². The van der Waals surface area contributed by atoms with Gasteiger partial charge in [0.2, 0.25) is 71.4 Å². The van der Waals surface area contributed by atoms with Crippen LogP contribution in [0.15, 0.2) is 84.9 Å². The van der Waals surface area contributed by atoms with Gasteiger partial charge < -0.3 is 120 Å². The molecule has 0 saturated carbocycles. The van der Waals surface area contributed by atoms with E-state index >= 15 is 14.4 Å². The maximum atomic E-state index is 15.2. The third-order valence-electron chi connectivity index (χ3n) is 22.4. The average Bonchev–Trinajstić information content (AvgIpc) is 1.60. The van der Waals surface area contributed by atoms with Crippen LogP contribution in [0, 0.1) is 17.8 Å². The predicted molar refractivity (Wildman–Crippen MR) is 459 cm³/mol. The first kappa shape index (κ1) is 103. The van der Waals surface area contributed by atoms with Crippen LogP contribution in [0.4, 0.5) is 4.79 Å². The Morgan fingerprint density at radius 3 is 1.86 bits per heavy atom. The monoisotopic (exact) mass is 1760 g/mol. The number of fused-ring (bicyclic) bond motifs is 2. The second kappa shape index (κ2) is 53.6. The number of hydrogen-bond acceptors (Lipinski definition) is 25. The van der Waals surface area contributed by atoms with Crippen LogP contribution in [0.25, 0.3) is 0 Å². The molecule has 3 aromatic rings. The van der Waals surface area contributed by atoms with Gasteiger partial charge in [0.25, 0.3) is 0 Å². The smallest absolute Gasteiger partial charge is 0.408 e. The van der Waals surface area contributed by atoms with Crippen molar-refractivity contribution in [2.75, 3.05) is 51.3 Å². The van der Waals surface area contributed by atoms with E-state index in [9.17, 15) is 88.8 Å². The fraction of sp³-hybridized carbons (Fsp3) is 0.640. The number of rotatable bonds is 46. The molecule has 0 radical (unpaired) electrons. The second-order valence-electron chi connectivity index (χ2n) is 33.0. The number of benzene rings is 3. The molecule has 3 fully saturated rings. The maximum Gasteiger partial charge on any atom is 0.408 e. The molecule has 0 aliphatic carbocycles. The molecule has 20 atom stereocenters. The van der Waals surface area contributed by atoms with Crippen molar-refractivity contribution in [1.29, 1.82) is 0 Å². The first-order chi connectivity index (χ1) is 59.2. The van der Waals surface area contributed by atoms with Crippen molar-refractivity contribution in [3.63, 3.8) is 0 Å². The lowest BCUT2D eigenvalue weighted by molar-refractivity contribution is -0.148. The number of phenolic OH excluding ortho intramolecular Hbond substituents is 1. The lowest BCUT2D eigenvalue weighted by Crippen LogP contribution is -2.65. The third-order valence-corrected chi connectivity index (χ3v) is 23.1. The van der Waals surface area contributed by atoms with Gasteiger partial charge in [-0.2, -0.15) is 11.8 Å². The van der Waals surface area contributed by atoms with Crippen molar-refractivity contribution in [3.8, 4) is 5.75 Å². The molecular weight excluding hydrogens is 1630 g/mol. The first-order valence-corrected chi connectivity index (χ1v) is 44.5. The highest BCUT2D eigenvalue weighted by Gasteiger charge is 2.49. The summed E-state index contributed by atoms with van der Waals surface area (Å²) in [7, 11) is 0. The number of nitrogens with one attached hydrogen (secondary N) is 12. The minimum atomic E-state index is -2.38. The van der Waals surface area contributed by atoms with Gasteiger partial charge in [-0.1, -0.05) is 152 Å². The Hall–Kier alpha value is -9.64. The van der Waals surface area contributed by atoms with E-state index in [1.807, 2.05) is 20.1 Å². The fourth-order valence-corrected chi connectivity index (χ4v) is 15.7. The van der Waals surface area contributed by atoms with Crippen LogP contribution in [0.5, 0.6) is 5.75 Å². The van der Waals surface area contributed by atoms with Crippen molar-refractivity contribution < 1.29 is 108 Å². The highest BCUT2D eigenvalue weighted by Crippen LogP contribution is 2.28. The Balaban J connectivity index is 1.33. The second-order valence-corrected chi connectivity index (χ2v) is 34.0. The van der Waals surface area contributed by atoms with Gasteiger partial charge in [0, 0.05) is 58.4 Å². The summed E-state index contributed by atoms with van der Waals surface area (Å²) in [6.07, 6.45) is -8.12. The van der Waals surface area contributed by atoms with Gasteiger partial charge in [0.05, 0.1) is 30.5 Å². The molecule has 124 heavy (non-hydrogen) atoms. The molecule has 3 aliphatic heterocycles. The number of carbonyl (C=O) groups is 13. The van der Waals surface area contributed by atoms with Crippen molar-refractivity contribution in [3.05, 3.63) is 102 Å². The van der Waals surface area contributed by atoms with E-state index in [0.717, 1.165) is 73.8 Å². The number of thioether (sulfide) groups is 1. The Morgan fingerprint density at radius 2 is 1.22 bits per heavy atom. The average molecular weight is 1760 g/mol. The summed E-state index contributed by atoms with van der Waals surface area (Å²) in [5.41, 5.74) is 7.04. The Labute approximate surface area is 728 Å². The van der Waals surface area contributed by atoms with E-state index in [2.05, 4.69) is 84.6 Å². The number of carbonyl (C=O) groups excluding carboxylic acids is 13. The standard InChI is InChI=1S/C86H133N15O22S/c1-8-51(4)43-52(5)22-15-11-9-10-12-20-28-68(109)92-63-46-67(108)75(88-38-39-90-76(112)60(95-86(122)123-48-55-25-18-14-19-26-55)27-21-37-89-77(113)62(44-54-23-16-13-17-24-54)94-79(115)61(42-50(2)3)93-78(114)59(91-49-102)35-41-124-7)99-83(119)72-66(107)34-40-100(72)85(121)70(65(106)33-36-87)97-82(118)71(74(111)73(110)56-29-31-57(104)32-30-56)98-81(117)64-45-58(105)47-101(64)84(120)69(53(6)103)96-80(63)116/h13-14,16-19,23-26,29-32,49-53,58-67,69-75,88,103-108,110-111H,8-12,15,20-22,27-28,33-48,87H2,1-7H3,(H,89,113)(H,90,112)(H,91,102)(H,92,109)(H,93,114)(H,94,115)(H,95,122)(H,96,116)(H,97,118)(H,98,117)(H,99,119)/t51-,52+,53+,58+,59-,60-,61-,62-,63-,64-,65+,66-,67+,69-,70-,71-,72-,73-,74-,75-/m0/s1. The van der Waals surface area contributed by atoms with E-state index in [1.54, 1.807) is 60.7 Å². The van der Waals surface area contributed by atoms with Crippen LogP contribution < -0.4 is 69.5 Å². The van der Waals surface area contributed by atoms with E-state index in [1.165, 1.54) is 23.9 Å². The summed E-state index contributed by atoms with van der Waals surface area (Å²) in [5, 5.41) is 124. The number of amides is 13. The Kier molecular flexibility index (Phi) is 44.6. The zero-order valence-electron chi connectivity index (χ0n) is 72.0. The summed E-state index contributed by atoms with van der Waals surface area (Å²) in [5.74, 6) is -9.70. The number of nitrogens with zero attached hydrogens (tertiary/aromatic N) is 2. The minimum Gasteiger partial charge on any atom is -0.508 e. The van der Waals surface area contributed by atoms with Gasteiger partial charge in [-0.25, -0.2) is 4.79 Å².